The highest BCUT2D eigenvalue weighted by Crippen LogP contribution is 2.38. The molecule has 0 radical (unpaired) electrons. The molecule has 2 rings (SSSR count). The molecule has 0 bridgehead atoms. The molecule has 0 saturated carbocycles. The average molecular weight is 262 g/mol. The Morgan fingerprint density at radius 3 is 2.72 bits per heavy atom. The van der Waals surface area contributed by atoms with E-state index in [-0.39, 0.29) is 0 Å². The highest BCUT2D eigenvalue weighted by Gasteiger charge is 2.18. The van der Waals surface area contributed by atoms with E-state index in [2.05, 4.69) is 0 Å². The number of ether oxygens (including phenoxy) is 1. The Labute approximate surface area is 109 Å². The average Bonchev–Trinajstić information content (AvgIpc) is 2.72. The van der Waals surface area contributed by atoms with Crippen LogP contribution in [0.25, 0.3) is 11.1 Å². The van der Waals surface area contributed by atoms with E-state index in [9.17, 15) is 4.79 Å². The molecular formula is C13H14N2O2S. The summed E-state index contributed by atoms with van der Waals surface area (Å²) in [5, 5.41) is 2.26. The normalized spacial score (nSPS) is 10.3. The molecule has 1 aromatic heterocycles. The monoisotopic (exact) mass is 262 g/mol. The summed E-state index contributed by atoms with van der Waals surface area (Å²) in [6.45, 7) is 2.47. The lowest BCUT2D eigenvalue weighted by molar-refractivity contribution is 0.100. The lowest BCUT2D eigenvalue weighted by atomic mass is 10.0. The number of thiophene rings is 1. The number of amides is 1. The number of benzene rings is 1. The van der Waals surface area contributed by atoms with E-state index < -0.39 is 5.91 Å². The second-order valence-electron chi connectivity index (χ2n) is 3.68. The zero-order chi connectivity index (χ0) is 13.1. The van der Waals surface area contributed by atoms with Gasteiger partial charge in [-0.25, -0.2) is 0 Å². The fourth-order valence-electron chi connectivity index (χ4n) is 1.80. The fraction of sp³-hybridized carbons (Fsp3) is 0.154. The third-order valence-electron chi connectivity index (χ3n) is 2.54. The molecule has 1 aromatic carbocycles. The number of rotatable bonds is 4. The van der Waals surface area contributed by atoms with Gasteiger partial charge in [0.25, 0.3) is 5.91 Å². The van der Waals surface area contributed by atoms with E-state index >= 15 is 0 Å². The van der Waals surface area contributed by atoms with Crippen molar-refractivity contribution in [3.63, 3.8) is 0 Å². The number of anilines is 1. The van der Waals surface area contributed by atoms with Crippen LogP contribution in [0.3, 0.4) is 0 Å². The van der Waals surface area contributed by atoms with Crippen LogP contribution in [0.5, 0.6) is 5.75 Å². The lowest BCUT2D eigenvalue weighted by Gasteiger charge is -2.10. The van der Waals surface area contributed by atoms with Crippen LogP contribution >= 0.6 is 11.3 Å². The SMILES string of the molecule is CCOc1ccccc1-c1csc(N)c1C(N)=O. The number of carbonyl (C=O) groups is 1. The Morgan fingerprint density at radius 2 is 2.06 bits per heavy atom. The Morgan fingerprint density at radius 1 is 1.33 bits per heavy atom. The predicted molar refractivity (Wildman–Crippen MR) is 73.9 cm³/mol. The Balaban J connectivity index is 2.58. The van der Waals surface area contributed by atoms with Crippen LogP contribution in [0, 0.1) is 0 Å². The first-order valence-electron chi connectivity index (χ1n) is 5.54. The number of hydrogen-bond donors (Lipinski definition) is 2. The summed E-state index contributed by atoms with van der Waals surface area (Å²) in [5.41, 5.74) is 13.1. The third-order valence-corrected chi connectivity index (χ3v) is 3.35. The van der Waals surface area contributed by atoms with Gasteiger partial charge >= 0.3 is 0 Å². The minimum atomic E-state index is -0.518. The number of nitrogen functional groups attached to an aromatic ring is 1. The highest BCUT2D eigenvalue weighted by molar-refractivity contribution is 7.15. The van der Waals surface area contributed by atoms with Crippen LogP contribution in [0.1, 0.15) is 17.3 Å². The smallest absolute Gasteiger partial charge is 0.252 e. The first-order valence-corrected chi connectivity index (χ1v) is 6.42. The van der Waals surface area contributed by atoms with Crippen LogP contribution < -0.4 is 16.2 Å². The van der Waals surface area contributed by atoms with Gasteiger partial charge in [-0.3, -0.25) is 4.79 Å². The molecule has 0 atom stereocenters. The molecule has 94 valence electrons. The highest BCUT2D eigenvalue weighted by atomic mass is 32.1. The van der Waals surface area contributed by atoms with Gasteiger partial charge in [-0.05, 0) is 13.0 Å². The van der Waals surface area contributed by atoms with Crippen molar-refractivity contribution >= 4 is 22.2 Å². The lowest BCUT2D eigenvalue weighted by Crippen LogP contribution is -2.13. The summed E-state index contributed by atoms with van der Waals surface area (Å²) in [5.74, 6) is 0.204. The van der Waals surface area contributed by atoms with Gasteiger partial charge in [0.2, 0.25) is 0 Å². The van der Waals surface area contributed by atoms with Gasteiger partial charge in [-0.2, -0.15) is 0 Å². The second-order valence-corrected chi connectivity index (χ2v) is 4.59. The summed E-state index contributed by atoms with van der Waals surface area (Å²) >= 11 is 1.30. The van der Waals surface area contributed by atoms with Gasteiger partial charge in [0.1, 0.15) is 5.75 Å². The first kappa shape index (κ1) is 12.4. The molecule has 4 N–H and O–H groups in total. The number of carbonyl (C=O) groups excluding carboxylic acids is 1. The molecule has 18 heavy (non-hydrogen) atoms. The Hall–Kier alpha value is -2.01. The molecule has 0 aliphatic carbocycles. The van der Waals surface area contributed by atoms with E-state index in [0.717, 1.165) is 16.9 Å². The fourth-order valence-corrected chi connectivity index (χ4v) is 2.61. The molecule has 4 nitrogen and oxygen atoms in total. The maximum Gasteiger partial charge on any atom is 0.252 e. The van der Waals surface area contributed by atoms with Gasteiger partial charge in [0.15, 0.2) is 0 Å². The van der Waals surface area contributed by atoms with Crippen molar-refractivity contribution in [1.82, 2.24) is 0 Å². The zero-order valence-electron chi connectivity index (χ0n) is 9.97. The number of nitrogens with two attached hydrogens (primary N) is 2. The van der Waals surface area contributed by atoms with Crippen LogP contribution in [0.15, 0.2) is 29.6 Å². The Kier molecular flexibility index (Phi) is 3.53. The first-order chi connectivity index (χ1) is 8.65. The van der Waals surface area contributed by atoms with Crippen molar-refractivity contribution in [3.8, 4) is 16.9 Å². The molecule has 0 aliphatic heterocycles. The van der Waals surface area contributed by atoms with Crippen molar-refractivity contribution in [3.05, 3.63) is 35.2 Å². The van der Waals surface area contributed by atoms with Gasteiger partial charge in [-0.1, -0.05) is 18.2 Å². The summed E-state index contributed by atoms with van der Waals surface area (Å²) in [7, 11) is 0. The van der Waals surface area contributed by atoms with E-state index in [4.69, 9.17) is 16.2 Å². The summed E-state index contributed by atoms with van der Waals surface area (Å²) in [4.78, 5) is 11.5. The summed E-state index contributed by atoms with van der Waals surface area (Å²) < 4.78 is 5.55. The summed E-state index contributed by atoms with van der Waals surface area (Å²) in [6.07, 6.45) is 0. The van der Waals surface area contributed by atoms with Crippen LogP contribution in [-0.2, 0) is 0 Å². The van der Waals surface area contributed by atoms with Crippen LogP contribution in [-0.4, -0.2) is 12.5 Å². The largest absolute Gasteiger partial charge is 0.493 e. The van der Waals surface area contributed by atoms with Crippen LogP contribution in [0.2, 0.25) is 0 Å². The maximum atomic E-state index is 11.5. The van der Waals surface area contributed by atoms with Gasteiger partial charge in [0.05, 0.1) is 17.2 Å². The number of primary amides is 1. The van der Waals surface area contributed by atoms with Gasteiger partial charge < -0.3 is 16.2 Å². The summed E-state index contributed by atoms with van der Waals surface area (Å²) in [6, 6.07) is 7.51. The topological polar surface area (TPSA) is 78.3 Å². The van der Waals surface area contributed by atoms with E-state index in [0.29, 0.717) is 17.2 Å². The van der Waals surface area contributed by atoms with Crippen molar-refractivity contribution in [2.24, 2.45) is 5.73 Å². The molecule has 0 spiro atoms. The van der Waals surface area contributed by atoms with Crippen molar-refractivity contribution in [1.29, 1.82) is 0 Å². The van der Waals surface area contributed by atoms with Crippen LogP contribution in [0.4, 0.5) is 5.00 Å². The molecule has 0 aliphatic rings. The molecule has 0 saturated heterocycles. The number of para-hydroxylation sites is 1. The number of hydrogen-bond acceptors (Lipinski definition) is 4. The van der Waals surface area contributed by atoms with Crippen molar-refractivity contribution in [2.75, 3.05) is 12.3 Å². The predicted octanol–water partition coefficient (Wildman–Crippen LogP) is 2.49. The quantitative estimate of drug-likeness (QED) is 0.888. The molecule has 1 amide bonds. The molecule has 2 aromatic rings. The third kappa shape index (κ3) is 2.17. The minimum Gasteiger partial charge on any atom is -0.493 e. The molecule has 5 heteroatoms. The Bertz CT molecular complexity index is 578. The molecular weight excluding hydrogens is 248 g/mol. The van der Waals surface area contributed by atoms with Crippen molar-refractivity contribution < 1.29 is 9.53 Å². The standard InChI is InChI=1S/C13H14N2O2S/c1-2-17-10-6-4-3-5-8(10)9-7-18-13(15)11(9)12(14)16/h3-7H,2,15H2,1H3,(H2,14,16). The van der Waals surface area contributed by atoms with Gasteiger partial charge in [-0.15, -0.1) is 11.3 Å². The molecule has 0 unspecified atom stereocenters. The minimum absolute atomic E-state index is 0.368. The maximum absolute atomic E-state index is 11.5. The molecule has 0 fully saturated rings. The van der Waals surface area contributed by atoms with E-state index in [1.165, 1.54) is 11.3 Å². The van der Waals surface area contributed by atoms with E-state index in [1.54, 1.807) is 0 Å². The van der Waals surface area contributed by atoms with E-state index in [1.807, 2.05) is 36.6 Å². The van der Waals surface area contributed by atoms with Crippen molar-refractivity contribution in [2.45, 2.75) is 6.92 Å². The zero-order valence-corrected chi connectivity index (χ0v) is 10.8. The second kappa shape index (κ2) is 5.10. The molecule has 1 heterocycles. The van der Waals surface area contributed by atoms with Gasteiger partial charge in [0, 0.05) is 16.5 Å².